The molecule has 1 aliphatic rings. The number of nitrogens with two attached hydrogens (primary N) is 1. The number of anilines is 2. The Labute approximate surface area is 94.6 Å². The molecule has 2 rings (SSSR count). The van der Waals surface area contributed by atoms with Crippen molar-refractivity contribution in [3.8, 4) is 0 Å². The van der Waals surface area contributed by atoms with Crippen molar-refractivity contribution in [2.45, 2.75) is 25.3 Å². The first-order chi connectivity index (χ1) is 7.72. The van der Waals surface area contributed by atoms with Crippen molar-refractivity contribution in [1.82, 2.24) is 9.97 Å². The fraction of sp³-hybridized carbons (Fsp3) is 0.600. The molecule has 1 saturated heterocycles. The number of hydrogen-bond donors (Lipinski definition) is 3. The van der Waals surface area contributed by atoms with E-state index in [1.165, 1.54) is 0 Å². The van der Waals surface area contributed by atoms with Crippen LogP contribution < -0.4 is 16.6 Å². The van der Waals surface area contributed by atoms with Gasteiger partial charge in [0.1, 0.15) is 5.82 Å². The van der Waals surface area contributed by atoms with Crippen LogP contribution >= 0.6 is 0 Å². The molecule has 1 fully saturated rings. The number of nitrogens with one attached hydrogen (secondary N) is 2. The third-order valence-electron chi connectivity index (χ3n) is 2.65. The summed E-state index contributed by atoms with van der Waals surface area (Å²) in [5, 5.41) is 3.36. The van der Waals surface area contributed by atoms with Gasteiger partial charge in [-0.15, -0.1) is 0 Å². The molecule has 0 saturated carbocycles. The summed E-state index contributed by atoms with van der Waals surface area (Å²) in [7, 11) is 0. The van der Waals surface area contributed by atoms with Crippen LogP contribution in [0.1, 0.15) is 19.8 Å². The Hall–Kier alpha value is -1.40. The third kappa shape index (κ3) is 2.59. The van der Waals surface area contributed by atoms with Gasteiger partial charge in [-0.25, -0.2) is 10.8 Å². The highest BCUT2D eigenvalue weighted by Crippen LogP contribution is 2.23. The number of hydrogen-bond acceptors (Lipinski definition) is 6. The minimum atomic E-state index is -0.0571. The van der Waals surface area contributed by atoms with Gasteiger partial charge in [0.2, 0.25) is 5.95 Å². The Bertz CT molecular complexity index is 351. The largest absolute Gasteiger partial charge is 0.379 e. The minimum absolute atomic E-state index is 0.0571. The molecule has 0 radical (unpaired) electrons. The Balaban J connectivity index is 2.07. The van der Waals surface area contributed by atoms with Crippen LogP contribution in [0.25, 0.3) is 0 Å². The molecule has 2 heterocycles. The van der Waals surface area contributed by atoms with Crippen molar-refractivity contribution in [3.05, 3.63) is 12.3 Å². The average molecular weight is 223 g/mol. The van der Waals surface area contributed by atoms with Crippen molar-refractivity contribution in [1.29, 1.82) is 0 Å². The second-order valence-corrected chi connectivity index (χ2v) is 4.25. The zero-order valence-electron chi connectivity index (χ0n) is 9.36. The second-order valence-electron chi connectivity index (χ2n) is 4.25. The molecule has 1 atom stereocenters. The van der Waals surface area contributed by atoms with Gasteiger partial charge in [0.25, 0.3) is 0 Å². The van der Waals surface area contributed by atoms with Crippen molar-refractivity contribution < 1.29 is 4.74 Å². The number of hydrazine groups is 1. The zero-order chi connectivity index (χ0) is 11.4. The maximum absolute atomic E-state index is 5.47. The first-order valence-corrected chi connectivity index (χ1v) is 5.37. The smallest absolute Gasteiger partial charge is 0.239 e. The van der Waals surface area contributed by atoms with E-state index in [0.717, 1.165) is 25.3 Å². The number of nitrogens with zero attached hydrogens (tertiary/aromatic N) is 2. The summed E-state index contributed by atoms with van der Waals surface area (Å²) >= 11 is 0. The molecular formula is C10H17N5O. The van der Waals surface area contributed by atoms with E-state index >= 15 is 0 Å². The monoisotopic (exact) mass is 223 g/mol. The maximum Gasteiger partial charge on any atom is 0.239 e. The van der Waals surface area contributed by atoms with Gasteiger partial charge in [-0.2, -0.15) is 4.98 Å². The van der Waals surface area contributed by atoms with Gasteiger partial charge < -0.3 is 10.1 Å². The minimum Gasteiger partial charge on any atom is -0.379 e. The van der Waals surface area contributed by atoms with Crippen LogP contribution in [0.3, 0.4) is 0 Å². The zero-order valence-corrected chi connectivity index (χ0v) is 9.36. The van der Waals surface area contributed by atoms with Crippen molar-refractivity contribution in [3.63, 3.8) is 0 Å². The van der Waals surface area contributed by atoms with E-state index in [4.69, 9.17) is 10.6 Å². The summed E-state index contributed by atoms with van der Waals surface area (Å²) in [5.74, 6) is 6.43. The summed E-state index contributed by atoms with van der Waals surface area (Å²) in [6.45, 7) is 3.67. The Morgan fingerprint density at radius 1 is 1.56 bits per heavy atom. The van der Waals surface area contributed by atoms with Gasteiger partial charge in [-0.3, -0.25) is 5.43 Å². The van der Waals surface area contributed by atoms with Crippen molar-refractivity contribution in [2.24, 2.45) is 5.84 Å². The lowest BCUT2D eigenvalue weighted by atomic mass is 9.95. The highest BCUT2D eigenvalue weighted by Gasteiger charge is 2.27. The Morgan fingerprint density at radius 3 is 3.12 bits per heavy atom. The molecule has 1 unspecified atom stereocenters. The molecule has 0 aromatic carbocycles. The molecule has 16 heavy (non-hydrogen) atoms. The average Bonchev–Trinajstić information content (AvgIpc) is 2.29. The van der Waals surface area contributed by atoms with E-state index in [9.17, 15) is 0 Å². The van der Waals surface area contributed by atoms with Crippen LogP contribution in [0.4, 0.5) is 11.8 Å². The molecule has 0 spiro atoms. The summed E-state index contributed by atoms with van der Waals surface area (Å²) in [6.07, 6.45) is 3.80. The van der Waals surface area contributed by atoms with E-state index in [2.05, 4.69) is 27.6 Å². The standard InChI is InChI=1S/C10H17N5O/c1-10(4-2-6-16-7-10)14-8-3-5-12-9(13-8)15-11/h3,5H,2,4,6-7,11H2,1H3,(H2,12,13,14,15). The highest BCUT2D eigenvalue weighted by atomic mass is 16.5. The lowest BCUT2D eigenvalue weighted by molar-refractivity contribution is 0.0539. The maximum atomic E-state index is 5.47. The molecule has 6 heteroatoms. The van der Waals surface area contributed by atoms with E-state index in [1.807, 2.05) is 6.07 Å². The van der Waals surface area contributed by atoms with E-state index in [-0.39, 0.29) is 5.54 Å². The first kappa shape index (κ1) is 11.1. The molecule has 4 N–H and O–H groups in total. The number of ether oxygens (including phenoxy) is 1. The molecule has 1 aromatic rings. The van der Waals surface area contributed by atoms with Crippen molar-refractivity contribution >= 4 is 11.8 Å². The Kier molecular flexibility index (Phi) is 3.21. The number of nitrogen functional groups attached to an aromatic ring is 1. The van der Waals surface area contributed by atoms with Gasteiger partial charge in [0, 0.05) is 12.8 Å². The number of rotatable bonds is 3. The summed E-state index contributed by atoms with van der Waals surface area (Å²) in [5.41, 5.74) is 2.37. The second kappa shape index (κ2) is 4.63. The molecule has 0 aliphatic carbocycles. The van der Waals surface area contributed by atoms with Crippen LogP contribution in [0.2, 0.25) is 0 Å². The fourth-order valence-corrected chi connectivity index (χ4v) is 1.84. The quantitative estimate of drug-likeness (QED) is 0.518. The van der Waals surface area contributed by atoms with Gasteiger partial charge in [0.05, 0.1) is 12.1 Å². The van der Waals surface area contributed by atoms with Crippen LogP contribution in [0.15, 0.2) is 12.3 Å². The van der Waals surface area contributed by atoms with Crippen LogP contribution in [0, 0.1) is 0 Å². The predicted molar refractivity (Wildman–Crippen MR) is 61.9 cm³/mol. The molecular weight excluding hydrogens is 206 g/mol. The molecule has 6 nitrogen and oxygen atoms in total. The van der Waals surface area contributed by atoms with Gasteiger partial charge >= 0.3 is 0 Å². The lowest BCUT2D eigenvalue weighted by Crippen LogP contribution is -2.43. The lowest BCUT2D eigenvalue weighted by Gasteiger charge is -2.34. The summed E-state index contributed by atoms with van der Waals surface area (Å²) in [4.78, 5) is 8.17. The normalized spacial score (nSPS) is 25.1. The topological polar surface area (TPSA) is 85.1 Å². The van der Waals surface area contributed by atoms with E-state index < -0.39 is 0 Å². The third-order valence-corrected chi connectivity index (χ3v) is 2.65. The van der Waals surface area contributed by atoms with E-state index in [1.54, 1.807) is 6.20 Å². The van der Waals surface area contributed by atoms with Crippen molar-refractivity contribution in [2.75, 3.05) is 24.0 Å². The summed E-state index contributed by atoms with van der Waals surface area (Å²) < 4.78 is 5.47. The molecule has 0 amide bonds. The van der Waals surface area contributed by atoms with E-state index in [0.29, 0.717) is 12.6 Å². The molecule has 1 aromatic heterocycles. The van der Waals surface area contributed by atoms with Gasteiger partial charge in [-0.1, -0.05) is 0 Å². The van der Waals surface area contributed by atoms with Gasteiger partial charge in [0.15, 0.2) is 0 Å². The fourth-order valence-electron chi connectivity index (χ4n) is 1.84. The Morgan fingerprint density at radius 2 is 2.44 bits per heavy atom. The van der Waals surface area contributed by atoms with Crippen LogP contribution in [0.5, 0.6) is 0 Å². The first-order valence-electron chi connectivity index (χ1n) is 5.37. The molecule has 0 bridgehead atoms. The highest BCUT2D eigenvalue weighted by molar-refractivity contribution is 5.41. The molecule has 88 valence electrons. The SMILES string of the molecule is CC1(Nc2ccnc(NN)n2)CCCOC1. The predicted octanol–water partition coefficient (Wildman–Crippen LogP) is 0.743. The summed E-state index contributed by atoms with van der Waals surface area (Å²) in [6, 6.07) is 1.82. The van der Waals surface area contributed by atoms with Crippen LogP contribution in [-0.2, 0) is 4.74 Å². The molecule has 1 aliphatic heterocycles. The van der Waals surface area contributed by atoms with Crippen LogP contribution in [-0.4, -0.2) is 28.7 Å². The van der Waals surface area contributed by atoms with Gasteiger partial charge in [-0.05, 0) is 25.8 Å². The number of aromatic nitrogens is 2.